The number of benzene rings is 1. The van der Waals surface area contributed by atoms with Gasteiger partial charge in [-0.1, -0.05) is 48.1 Å². The quantitative estimate of drug-likeness (QED) is 0.648. The summed E-state index contributed by atoms with van der Waals surface area (Å²) in [6.45, 7) is 6.34. The Morgan fingerprint density at radius 1 is 1.00 bits per heavy atom. The highest BCUT2D eigenvalue weighted by molar-refractivity contribution is 7.71. The molecule has 74 valence electrons. The van der Waals surface area contributed by atoms with E-state index in [1.807, 2.05) is 0 Å². The molecule has 0 aliphatic rings. The molecule has 0 fully saturated rings. The molecule has 1 aromatic carbocycles. The Labute approximate surface area is 88.1 Å². The molecule has 0 radical (unpaired) electrons. The second-order valence-corrected chi connectivity index (χ2v) is 5.05. The minimum atomic E-state index is -0.238. The number of allylic oxidation sites excluding steroid dienone is 2. The highest BCUT2D eigenvalue weighted by Crippen LogP contribution is 2.38. The predicted molar refractivity (Wildman–Crippen MR) is 67.4 cm³/mol. The van der Waals surface area contributed by atoms with Crippen molar-refractivity contribution >= 4 is 13.2 Å². The van der Waals surface area contributed by atoms with Crippen LogP contribution >= 0.6 is 7.92 Å². The topological polar surface area (TPSA) is 0 Å². The van der Waals surface area contributed by atoms with Crippen LogP contribution < -0.4 is 5.30 Å². The van der Waals surface area contributed by atoms with Crippen molar-refractivity contribution in [2.45, 2.75) is 20.8 Å². The largest absolute Gasteiger partial charge is 0.0866 e. The van der Waals surface area contributed by atoms with E-state index in [9.17, 15) is 0 Å². The van der Waals surface area contributed by atoms with Crippen molar-refractivity contribution in [3.05, 3.63) is 53.6 Å². The van der Waals surface area contributed by atoms with Crippen molar-refractivity contribution in [3.8, 4) is 0 Å². The third kappa shape index (κ3) is 2.82. The van der Waals surface area contributed by atoms with Crippen LogP contribution in [0.1, 0.15) is 19.4 Å². The molecular weight excluding hydrogens is 187 g/mol. The summed E-state index contributed by atoms with van der Waals surface area (Å²) in [5, 5.41) is 1.46. The van der Waals surface area contributed by atoms with Crippen LogP contribution in [-0.4, -0.2) is 0 Å². The van der Waals surface area contributed by atoms with Gasteiger partial charge in [-0.25, -0.2) is 0 Å². The van der Waals surface area contributed by atoms with E-state index < -0.39 is 0 Å². The Bertz CT molecular complexity index is 325. The number of rotatable bonds is 3. The van der Waals surface area contributed by atoms with Gasteiger partial charge in [-0.3, -0.25) is 0 Å². The fourth-order valence-electron chi connectivity index (χ4n) is 1.38. The van der Waals surface area contributed by atoms with E-state index in [0.29, 0.717) is 0 Å². The summed E-state index contributed by atoms with van der Waals surface area (Å²) >= 11 is 0. The van der Waals surface area contributed by atoms with Crippen LogP contribution in [0.25, 0.3) is 0 Å². The van der Waals surface area contributed by atoms with E-state index in [1.165, 1.54) is 10.9 Å². The van der Waals surface area contributed by atoms with Crippen molar-refractivity contribution in [1.82, 2.24) is 0 Å². The van der Waals surface area contributed by atoms with Crippen molar-refractivity contribution < 1.29 is 0 Å². The maximum Gasteiger partial charge on any atom is -0.0133 e. The van der Waals surface area contributed by atoms with Crippen LogP contribution in [0.15, 0.2) is 48.1 Å². The molecule has 1 rings (SSSR count). The third-order valence-corrected chi connectivity index (χ3v) is 4.31. The Hall–Kier alpha value is -0.870. The van der Waals surface area contributed by atoms with Crippen molar-refractivity contribution in [1.29, 1.82) is 0 Å². The molecule has 0 nitrogen and oxygen atoms in total. The van der Waals surface area contributed by atoms with E-state index in [2.05, 4.69) is 68.8 Å². The van der Waals surface area contributed by atoms with Gasteiger partial charge in [-0.05, 0) is 39.6 Å². The van der Waals surface area contributed by atoms with Crippen LogP contribution in [0.2, 0.25) is 0 Å². The van der Waals surface area contributed by atoms with Gasteiger partial charge in [0.2, 0.25) is 0 Å². The zero-order chi connectivity index (χ0) is 10.4. The third-order valence-electron chi connectivity index (χ3n) is 2.01. The summed E-state index contributed by atoms with van der Waals surface area (Å²) in [5.41, 5.74) is 1.38. The second-order valence-electron chi connectivity index (χ2n) is 3.16. The lowest BCUT2D eigenvalue weighted by atomic mass is 10.2. The molecule has 0 saturated carbocycles. The minimum Gasteiger partial charge on any atom is -0.0866 e. The lowest BCUT2D eigenvalue weighted by Crippen LogP contribution is -2.01. The van der Waals surface area contributed by atoms with Gasteiger partial charge < -0.3 is 0 Å². The van der Waals surface area contributed by atoms with E-state index in [1.54, 1.807) is 0 Å². The fraction of sp³-hybridized carbons (Fsp3) is 0.231. The molecule has 0 heterocycles. The van der Waals surface area contributed by atoms with Crippen LogP contribution in [0.3, 0.4) is 0 Å². The predicted octanol–water partition coefficient (Wildman–Crippen LogP) is 4.17. The summed E-state index contributed by atoms with van der Waals surface area (Å²) in [5.74, 6) is 4.58. The molecule has 14 heavy (non-hydrogen) atoms. The highest BCUT2D eigenvalue weighted by Gasteiger charge is 2.04. The molecule has 0 unspecified atom stereocenters. The standard InChI is InChI=1S/C13H17P/c1-4-10-14(11-5-2)13-9-7-6-8-12(13)3/h4-11H,1-3H3/b10-4+,11-5+. The highest BCUT2D eigenvalue weighted by atomic mass is 31.1. The zero-order valence-corrected chi connectivity index (χ0v) is 9.96. The Morgan fingerprint density at radius 3 is 2.07 bits per heavy atom. The first kappa shape index (κ1) is 11.2. The molecule has 0 aliphatic carbocycles. The molecule has 0 N–H and O–H groups in total. The molecule has 0 bridgehead atoms. The van der Waals surface area contributed by atoms with Crippen LogP contribution in [0.4, 0.5) is 0 Å². The fourth-order valence-corrected chi connectivity index (χ4v) is 3.19. The molecular formula is C13H17P. The molecule has 0 aromatic heterocycles. The normalized spacial score (nSPS) is 12.0. The molecule has 0 amide bonds. The van der Waals surface area contributed by atoms with Gasteiger partial charge in [-0.15, -0.1) is 0 Å². The van der Waals surface area contributed by atoms with Crippen LogP contribution in [0, 0.1) is 6.92 Å². The first-order chi connectivity index (χ1) is 6.79. The number of hydrogen-bond donors (Lipinski definition) is 0. The monoisotopic (exact) mass is 204 g/mol. The van der Waals surface area contributed by atoms with Crippen LogP contribution in [-0.2, 0) is 0 Å². The lowest BCUT2D eigenvalue weighted by Gasteiger charge is -2.11. The minimum absolute atomic E-state index is 0.238. The van der Waals surface area contributed by atoms with Crippen molar-refractivity contribution in [2.24, 2.45) is 0 Å². The van der Waals surface area contributed by atoms with E-state index in [4.69, 9.17) is 0 Å². The first-order valence-electron chi connectivity index (χ1n) is 4.89. The van der Waals surface area contributed by atoms with E-state index in [0.717, 1.165) is 0 Å². The molecule has 0 spiro atoms. The van der Waals surface area contributed by atoms with Gasteiger partial charge in [0.1, 0.15) is 0 Å². The summed E-state index contributed by atoms with van der Waals surface area (Å²) in [6.07, 6.45) is 4.27. The average Bonchev–Trinajstić information content (AvgIpc) is 2.18. The SMILES string of the molecule is C/C=C/P(/C=C/C)c1ccccc1C. The summed E-state index contributed by atoms with van der Waals surface area (Å²) in [6, 6.07) is 8.61. The molecule has 1 aromatic rings. The molecule has 0 aliphatic heterocycles. The molecule has 1 heteroatoms. The maximum atomic E-state index is 2.29. The second kappa shape index (κ2) is 5.78. The van der Waals surface area contributed by atoms with Gasteiger partial charge in [0.15, 0.2) is 0 Å². The lowest BCUT2D eigenvalue weighted by molar-refractivity contribution is 1.52. The molecule has 0 atom stereocenters. The Kier molecular flexibility index (Phi) is 4.62. The Morgan fingerprint density at radius 2 is 1.57 bits per heavy atom. The van der Waals surface area contributed by atoms with E-state index in [-0.39, 0.29) is 7.92 Å². The number of aryl methyl sites for hydroxylation is 1. The van der Waals surface area contributed by atoms with Gasteiger partial charge >= 0.3 is 0 Å². The van der Waals surface area contributed by atoms with Crippen molar-refractivity contribution in [3.63, 3.8) is 0 Å². The summed E-state index contributed by atoms with van der Waals surface area (Å²) in [7, 11) is -0.238. The molecule has 0 saturated heterocycles. The average molecular weight is 204 g/mol. The smallest absolute Gasteiger partial charge is 0.0133 e. The number of hydrogen-bond acceptors (Lipinski definition) is 0. The first-order valence-corrected chi connectivity index (χ1v) is 6.37. The van der Waals surface area contributed by atoms with Crippen molar-refractivity contribution in [2.75, 3.05) is 0 Å². The van der Waals surface area contributed by atoms with E-state index >= 15 is 0 Å². The van der Waals surface area contributed by atoms with Gasteiger partial charge in [0.05, 0.1) is 0 Å². The summed E-state index contributed by atoms with van der Waals surface area (Å²) in [4.78, 5) is 0. The Balaban J connectivity index is 3.04. The zero-order valence-electron chi connectivity index (χ0n) is 9.07. The van der Waals surface area contributed by atoms with Gasteiger partial charge in [0.25, 0.3) is 0 Å². The van der Waals surface area contributed by atoms with Gasteiger partial charge in [-0.2, -0.15) is 0 Å². The summed E-state index contributed by atoms with van der Waals surface area (Å²) < 4.78 is 0. The maximum absolute atomic E-state index is 2.29. The van der Waals surface area contributed by atoms with Crippen LogP contribution in [0.5, 0.6) is 0 Å². The van der Waals surface area contributed by atoms with Gasteiger partial charge in [0, 0.05) is 0 Å².